The molecule has 1 unspecified atom stereocenters. The number of non-ortho nitro benzene ring substituents is 1. The predicted molar refractivity (Wildman–Crippen MR) is 64.2 cm³/mol. The maximum Gasteiger partial charge on any atom is 0.269 e. The van der Waals surface area contributed by atoms with E-state index in [0.717, 1.165) is 6.42 Å². The van der Waals surface area contributed by atoms with Crippen molar-refractivity contribution in [2.75, 3.05) is 6.54 Å². The third-order valence-electron chi connectivity index (χ3n) is 2.90. The molecule has 1 atom stereocenters. The molecule has 2 rings (SSSR count). The highest BCUT2D eigenvalue weighted by molar-refractivity contribution is 7.89. The summed E-state index contributed by atoms with van der Waals surface area (Å²) in [7, 11) is -3.64. The Kier molecular flexibility index (Phi) is 3.33. The zero-order valence-electron chi connectivity index (χ0n) is 9.52. The second-order valence-corrected chi connectivity index (χ2v) is 5.97. The van der Waals surface area contributed by atoms with E-state index in [9.17, 15) is 18.5 Å². The van der Waals surface area contributed by atoms with Crippen molar-refractivity contribution in [1.29, 1.82) is 0 Å². The van der Waals surface area contributed by atoms with Gasteiger partial charge in [0.05, 0.1) is 16.0 Å². The number of nitro benzene ring substituents is 1. The highest BCUT2D eigenvalue weighted by Crippen LogP contribution is 2.24. The highest BCUT2D eigenvalue weighted by Gasteiger charge is 2.33. The summed E-state index contributed by atoms with van der Waals surface area (Å²) >= 11 is 0. The molecule has 18 heavy (non-hydrogen) atoms. The normalized spacial score (nSPS) is 21.1. The second kappa shape index (κ2) is 4.63. The molecule has 0 aromatic heterocycles. The van der Waals surface area contributed by atoms with E-state index < -0.39 is 21.1 Å². The highest BCUT2D eigenvalue weighted by atomic mass is 32.2. The minimum Gasteiger partial charge on any atom is -0.315 e. The van der Waals surface area contributed by atoms with Gasteiger partial charge in [0.15, 0.2) is 0 Å². The van der Waals surface area contributed by atoms with Crippen LogP contribution in [0.5, 0.6) is 0 Å². The first-order valence-corrected chi connectivity index (χ1v) is 6.89. The van der Waals surface area contributed by atoms with Crippen LogP contribution >= 0.6 is 0 Å². The molecule has 1 aliphatic heterocycles. The predicted octanol–water partition coefficient (Wildman–Crippen LogP) is 0.664. The van der Waals surface area contributed by atoms with Crippen LogP contribution in [0.25, 0.3) is 0 Å². The average molecular weight is 271 g/mol. The van der Waals surface area contributed by atoms with Crippen molar-refractivity contribution >= 4 is 15.7 Å². The Morgan fingerprint density at radius 1 is 1.33 bits per heavy atom. The molecule has 8 heteroatoms. The first-order valence-electron chi connectivity index (χ1n) is 5.45. The molecular formula is C10H13N3O4S. The van der Waals surface area contributed by atoms with Crippen molar-refractivity contribution in [3.63, 3.8) is 0 Å². The first kappa shape index (κ1) is 12.9. The number of hydrogen-bond donors (Lipinski definition) is 1. The van der Waals surface area contributed by atoms with Gasteiger partial charge in [-0.1, -0.05) is 0 Å². The molecule has 0 spiro atoms. The molecule has 1 saturated heterocycles. The number of sulfonamides is 1. The zero-order chi connectivity index (χ0) is 13.3. The molecule has 7 nitrogen and oxygen atoms in total. The largest absolute Gasteiger partial charge is 0.315 e. The van der Waals surface area contributed by atoms with Gasteiger partial charge in [-0.2, -0.15) is 4.31 Å². The van der Waals surface area contributed by atoms with Gasteiger partial charge in [0.25, 0.3) is 5.69 Å². The van der Waals surface area contributed by atoms with Crippen LogP contribution in [0, 0.1) is 10.1 Å². The Bertz CT molecular complexity index is 555. The van der Waals surface area contributed by atoms with Crippen molar-refractivity contribution in [3.8, 4) is 0 Å². The molecule has 0 amide bonds. The van der Waals surface area contributed by atoms with E-state index >= 15 is 0 Å². The Hall–Kier alpha value is -1.51. The zero-order valence-corrected chi connectivity index (χ0v) is 10.3. The quantitative estimate of drug-likeness (QED) is 0.642. The Morgan fingerprint density at radius 2 is 1.94 bits per heavy atom. The van der Waals surface area contributed by atoms with E-state index in [4.69, 9.17) is 5.73 Å². The summed E-state index contributed by atoms with van der Waals surface area (Å²) in [6, 6.07) is 4.82. The van der Waals surface area contributed by atoms with Crippen LogP contribution < -0.4 is 5.73 Å². The number of hydrogen-bond acceptors (Lipinski definition) is 5. The second-order valence-electron chi connectivity index (χ2n) is 4.08. The van der Waals surface area contributed by atoms with Crippen molar-refractivity contribution < 1.29 is 13.3 Å². The number of nitrogens with zero attached hydrogens (tertiary/aromatic N) is 2. The minimum atomic E-state index is -3.64. The van der Waals surface area contributed by atoms with Crippen LogP contribution in [-0.4, -0.2) is 30.4 Å². The Labute approximate surface area is 104 Å². The summed E-state index contributed by atoms with van der Waals surface area (Å²) in [5.41, 5.74) is 5.58. The maximum atomic E-state index is 12.2. The molecule has 1 aromatic carbocycles. The fourth-order valence-electron chi connectivity index (χ4n) is 1.94. The molecule has 0 radical (unpaired) electrons. The van der Waals surface area contributed by atoms with E-state index in [1.165, 1.54) is 28.6 Å². The lowest BCUT2D eigenvalue weighted by Crippen LogP contribution is -2.40. The van der Waals surface area contributed by atoms with E-state index in [0.29, 0.717) is 13.0 Å². The van der Waals surface area contributed by atoms with Gasteiger partial charge in [-0.3, -0.25) is 10.1 Å². The van der Waals surface area contributed by atoms with E-state index in [2.05, 4.69) is 0 Å². The van der Waals surface area contributed by atoms with Crippen molar-refractivity contribution in [2.24, 2.45) is 5.73 Å². The molecule has 1 fully saturated rings. The summed E-state index contributed by atoms with van der Waals surface area (Å²) in [5.74, 6) is 0. The summed E-state index contributed by atoms with van der Waals surface area (Å²) in [5, 5.41) is 10.5. The van der Waals surface area contributed by atoms with Gasteiger partial charge in [0.2, 0.25) is 10.0 Å². The molecule has 1 heterocycles. The minimum absolute atomic E-state index is 0.0328. The van der Waals surface area contributed by atoms with E-state index in [1.54, 1.807) is 0 Å². The van der Waals surface area contributed by atoms with Gasteiger partial charge in [-0.25, -0.2) is 8.42 Å². The summed E-state index contributed by atoms with van der Waals surface area (Å²) in [6.45, 7) is 0.389. The first-order chi connectivity index (χ1) is 8.43. The smallest absolute Gasteiger partial charge is 0.269 e. The number of benzene rings is 1. The van der Waals surface area contributed by atoms with Crippen LogP contribution in [0.2, 0.25) is 0 Å². The van der Waals surface area contributed by atoms with Gasteiger partial charge < -0.3 is 5.73 Å². The molecule has 1 aliphatic rings. The van der Waals surface area contributed by atoms with Gasteiger partial charge >= 0.3 is 0 Å². The van der Waals surface area contributed by atoms with Crippen LogP contribution in [-0.2, 0) is 10.0 Å². The number of nitro groups is 1. The summed E-state index contributed by atoms with van der Waals surface area (Å²) in [4.78, 5) is 9.96. The maximum absolute atomic E-state index is 12.2. The van der Waals surface area contributed by atoms with Gasteiger partial charge in [-0.15, -0.1) is 0 Å². The lowest BCUT2D eigenvalue weighted by molar-refractivity contribution is -0.384. The van der Waals surface area contributed by atoms with Crippen molar-refractivity contribution in [1.82, 2.24) is 4.31 Å². The topological polar surface area (TPSA) is 107 Å². The standard InChI is InChI=1S/C10H13N3O4S/c11-10-2-1-7-12(10)18(16,17)9-5-3-8(4-6-9)13(14)15/h3-6,10H,1-2,7,11H2. The van der Waals surface area contributed by atoms with Crippen LogP contribution in [0.1, 0.15) is 12.8 Å². The van der Waals surface area contributed by atoms with Gasteiger partial charge in [-0.05, 0) is 25.0 Å². The SMILES string of the molecule is NC1CCCN1S(=O)(=O)c1ccc([N+](=O)[O-])cc1. The average Bonchev–Trinajstić information content (AvgIpc) is 2.76. The lowest BCUT2D eigenvalue weighted by atomic mass is 10.3. The summed E-state index contributed by atoms with van der Waals surface area (Å²) in [6.07, 6.45) is 0.852. The van der Waals surface area contributed by atoms with Gasteiger partial charge in [0, 0.05) is 18.7 Å². The molecule has 98 valence electrons. The lowest BCUT2D eigenvalue weighted by Gasteiger charge is -2.20. The molecule has 2 N–H and O–H groups in total. The van der Waals surface area contributed by atoms with Crippen LogP contribution in [0.4, 0.5) is 5.69 Å². The molecule has 1 aromatic rings. The fourth-order valence-corrected chi connectivity index (χ4v) is 3.52. The van der Waals surface area contributed by atoms with Gasteiger partial charge in [0.1, 0.15) is 0 Å². The van der Waals surface area contributed by atoms with E-state index in [-0.39, 0.29) is 10.6 Å². The summed E-state index contributed by atoms with van der Waals surface area (Å²) < 4.78 is 25.6. The van der Waals surface area contributed by atoms with E-state index in [1.807, 2.05) is 0 Å². The monoisotopic (exact) mass is 271 g/mol. The number of rotatable bonds is 3. The molecule has 0 bridgehead atoms. The molecular weight excluding hydrogens is 258 g/mol. The van der Waals surface area contributed by atoms with Crippen LogP contribution in [0.3, 0.4) is 0 Å². The molecule has 0 saturated carbocycles. The van der Waals surface area contributed by atoms with Crippen LogP contribution in [0.15, 0.2) is 29.2 Å². The van der Waals surface area contributed by atoms with Crippen molar-refractivity contribution in [2.45, 2.75) is 23.9 Å². The Balaban J connectivity index is 2.33. The third kappa shape index (κ3) is 2.22. The number of nitrogens with two attached hydrogens (primary N) is 1. The fraction of sp³-hybridized carbons (Fsp3) is 0.400. The van der Waals surface area contributed by atoms with Crippen molar-refractivity contribution in [3.05, 3.63) is 34.4 Å². The third-order valence-corrected chi connectivity index (χ3v) is 4.84. The molecule has 0 aliphatic carbocycles. The Morgan fingerprint density at radius 3 is 2.39 bits per heavy atom.